The van der Waals surface area contributed by atoms with Crippen molar-refractivity contribution < 1.29 is 9.59 Å². The minimum atomic E-state index is -0.881. The molecule has 3 rings (SSSR count). The molecule has 0 aliphatic heterocycles. The molecule has 0 saturated heterocycles. The lowest BCUT2D eigenvalue weighted by atomic mass is 10.1. The minimum Gasteiger partial charge on any atom is -0.318 e. The van der Waals surface area contributed by atoms with E-state index in [1.54, 1.807) is 18.2 Å². The van der Waals surface area contributed by atoms with Crippen LogP contribution in [0.3, 0.4) is 0 Å². The zero-order valence-corrected chi connectivity index (χ0v) is 15.5. The maximum Gasteiger partial charge on any atom is 0.329 e. The van der Waals surface area contributed by atoms with Crippen molar-refractivity contribution in [3.63, 3.8) is 0 Å². The number of carbonyl (C=O) groups is 2. The second-order valence-electron chi connectivity index (χ2n) is 6.09. The quantitative estimate of drug-likeness (QED) is 0.315. The molecular weight excluding hydrogens is 364 g/mol. The minimum absolute atomic E-state index is 0.260. The third-order valence-electron chi connectivity index (χ3n) is 3.81. The summed E-state index contributed by atoms with van der Waals surface area (Å²) in [6.45, 7) is 3.87. The molecule has 2 amide bonds. The van der Waals surface area contributed by atoms with E-state index >= 15 is 0 Å². The first-order valence-corrected chi connectivity index (χ1v) is 8.58. The van der Waals surface area contributed by atoms with E-state index in [4.69, 9.17) is 11.6 Å². The Morgan fingerprint density at radius 1 is 1.04 bits per heavy atom. The van der Waals surface area contributed by atoms with Gasteiger partial charge in [-0.05, 0) is 49.2 Å². The van der Waals surface area contributed by atoms with Crippen LogP contribution in [0.4, 0.5) is 5.69 Å². The van der Waals surface area contributed by atoms with E-state index in [0.717, 1.165) is 22.0 Å². The van der Waals surface area contributed by atoms with Gasteiger partial charge in [0, 0.05) is 16.6 Å². The third-order valence-corrected chi connectivity index (χ3v) is 4.11. The summed E-state index contributed by atoms with van der Waals surface area (Å²) in [5.74, 6) is -1.69. The van der Waals surface area contributed by atoms with Crippen LogP contribution in [0.5, 0.6) is 0 Å². The van der Waals surface area contributed by atoms with E-state index < -0.39 is 11.8 Å². The van der Waals surface area contributed by atoms with Crippen molar-refractivity contribution in [1.29, 1.82) is 0 Å². The number of fused-ring (bicyclic) bond motifs is 1. The van der Waals surface area contributed by atoms with E-state index in [1.165, 1.54) is 6.21 Å². The Morgan fingerprint density at radius 2 is 1.81 bits per heavy atom. The first-order chi connectivity index (χ1) is 12.9. The van der Waals surface area contributed by atoms with Crippen LogP contribution in [0.2, 0.25) is 5.15 Å². The van der Waals surface area contributed by atoms with Crippen molar-refractivity contribution in [3.8, 4) is 0 Å². The van der Waals surface area contributed by atoms with E-state index in [-0.39, 0.29) is 5.15 Å². The molecule has 0 atom stereocenters. The van der Waals surface area contributed by atoms with Crippen molar-refractivity contribution in [2.24, 2.45) is 5.10 Å². The van der Waals surface area contributed by atoms with Crippen LogP contribution >= 0.6 is 11.6 Å². The van der Waals surface area contributed by atoms with Gasteiger partial charge in [0.15, 0.2) is 0 Å². The van der Waals surface area contributed by atoms with Crippen molar-refractivity contribution in [3.05, 3.63) is 70.4 Å². The Kier molecular flexibility index (Phi) is 5.47. The van der Waals surface area contributed by atoms with Crippen LogP contribution in [0.15, 0.2) is 53.6 Å². The number of hydrogen-bond donors (Lipinski definition) is 2. The summed E-state index contributed by atoms with van der Waals surface area (Å²) in [4.78, 5) is 28.1. The lowest BCUT2D eigenvalue weighted by Gasteiger charge is -2.05. The van der Waals surface area contributed by atoms with Gasteiger partial charge in [-0.15, -0.1) is 0 Å². The number of halogens is 1. The van der Waals surface area contributed by atoms with E-state index in [9.17, 15) is 9.59 Å². The molecule has 136 valence electrons. The fraction of sp³-hybridized carbons (Fsp3) is 0.100. The Morgan fingerprint density at radius 3 is 2.59 bits per heavy atom. The summed E-state index contributed by atoms with van der Waals surface area (Å²) in [6.07, 6.45) is 1.35. The fourth-order valence-corrected chi connectivity index (χ4v) is 2.68. The maximum absolute atomic E-state index is 11.9. The second kappa shape index (κ2) is 7.97. The van der Waals surface area contributed by atoms with Gasteiger partial charge in [0.05, 0.1) is 11.7 Å². The highest BCUT2D eigenvalue weighted by Crippen LogP contribution is 2.20. The average molecular weight is 381 g/mol. The van der Waals surface area contributed by atoms with E-state index in [1.807, 2.05) is 44.2 Å². The molecule has 0 bridgehead atoms. The van der Waals surface area contributed by atoms with Gasteiger partial charge in [-0.2, -0.15) is 5.10 Å². The van der Waals surface area contributed by atoms with Gasteiger partial charge in [0.25, 0.3) is 0 Å². The summed E-state index contributed by atoms with van der Waals surface area (Å²) in [6, 6.07) is 14.8. The SMILES string of the molecule is Cc1cccc(NC(=O)C(=O)N/N=C\c2cc3ccc(C)cc3nc2Cl)c1. The van der Waals surface area contributed by atoms with Crippen LogP contribution in [-0.2, 0) is 9.59 Å². The number of benzene rings is 2. The predicted octanol–water partition coefficient (Wildman–Crippen LogP) is 3.59. The highest BCUT2D eigenvalue weighted by molar-refractivity contribution is 6.39. The number of hydrazone groups is 1. The molecule has 0 aliphatic rings. The maximum atomic E-state index is 11.9. The molecule has 0 saturated carbocycles. The fourth-order valence-electron chi connectivity index (χ4n) is 2.48. The summed E-state index contributed by atoms with van der Waals surface area (Å²) < 4.78 is 0. The van der Waals surface area contributed by atoms with Crippen molar-refractivity contribution in [2.45, 2.75) is 13.8 Å². The number of pyridine rings is 1. The molecule has 3 aromatic rings. The topological polar surface area (TPSA) is 83.5 Å². The van der Waals surface area contributed by atoms with Crippen LogP contribution in [0.1, 0.15) is 16.7 Å². The Labute approximate surface area is 161 Å². The Balaban J connectivity index is 1.66. The van der Waals surface area contributed by atoms with E-state index in [2.05, 4.69) is 20.8 Å². The number of hydrogen-bond acceptors (Lipinski definition) is 4. The molecule has 0 fully saturated rings. The number of rotatable bonds is 3. The molecule has 1 aromatic heterocycles. The van der Waals surface area contributed by atoms with Crippen molar-refractivity contribution in [2.75, 3.05) is 5.32 Å². The number of nitrogens with zero attached hydrogens (tertiary/aromatic N) is 2. The number of amides is 2. The zero-order valence-electron chi connectivity index (χ0n) is 14.8. The van der Waals surface area contributed by atoms with Gasteiger partial charge in [-0.3, -0.25) is 9.59 Å². The molecule has 2 aromatic carbocycles. The molecule has 2 N–H and O–H groups in total. The number of aromatic nitrogens is 1. The second-order valence-corrected chi connectivity index (χ2v) is 6.45. The molecule has 0 aliphatic carbocycles. The van der Waals surface area contributed by atoms with Crippen LogP contribution < -0.4 is 10.7 Å². The largest absolute Gasteiger partial charge is 0.329 e. The van der Waals surface area contributed by atoms with Crippen molar-refractivity contribution >= 4 is 46.2 Å². The highest BCUT2D eigenvalue weighted by atomic mass is 35.5. The van der Waals surface area contributed by atoms with E-state index in [0.29, 0.717) is 11.3 Å². The molecule has 6 nitrogen and oxygen atoms in total. The van der Waals surface area contributed by atoms with Crippen LogP contribution in [-0.4, -0.2) is 23.0 Å². The normalized spacial score (nSPS) is 10.9. The number of nitrogens with one attached hydrogen (secondary N) is 2. The van der Waals surface area contributed by atoms with Crippen molar-refractivity contribution in [1.82, 2.24) is 10.4 Å². The van der Waals surface area contributed by atoms with Crippen LogP contribution in [0, 0.1) is 13.8 Å². The van der Waals surface area contributed by atoms with Gasteiger partial charge in [-0.1, -0.05) is 35.9 Å². The lowest BCUT2D eigenvalue weighted by Crippen LogP contribution is -2.32. The molecule has 1 heterocycles. The molecule has 7 heteroatoms. The summed E-state index contributed by atoms with van der Waals surface area (Å²) in [7, 11) is 0. The molecule has 0 unspecified atom stereocenters. The number of anilines is 1. The first kappa shape index (κ1) is 18.5. The Hall–Kier alpha value is -3.25. The summed E-state index contributed by atoms with van der Waals surface area (Å²) in [5, 5.41) is 7.46. The monoisotopic (exact) mass is 380 g/mol. The first-order valence-electron chi connectivity index (χ1n) is 8.20. The molecule has 0 spiro atoms. The molecular formula is C20H17ClN4O2. The predicted molar refractivity (Wildman–Crippen MR) is 107 cm³/mol. The zero-order chi connectivity index (χ0) is 19.4. The van der Waals surface area contributed by atoms with Gasteiger partial charge in [0.1, 0.15) is 5.15 Å². The summed E-state index contributed by atoms with van der Waals surface area (Å²) >= 11 is 6.16. The van der Waals surface area contributed by atoms with Gasteiger partial charge in [-0.25, -0.2) is 10.4 Å². The number of aryl methyl sites for hydroxylation is 2. The Bertz CT molecular complexity index is 1060. The molecule has 0 radical (unpaired) electrons. The number of carbonyl (C=O) groups excluding carboxylic acids is 2. The molecule has 27 heavy (non-hydrogen) atoms. The van der Waals surface area contributed by atoms with Gasteiger partial charge in [0.2, 0.25) is 0 Å². The average Bonchev–Trinajstić information content (AvgIpc) is 2.62. The van der Waals surface area contributed by atoms with Gasteiger partial charge >= 0.3 is 11.8 Å². The van der Waals surface area contributed by atoms with Crippen LogP contribution in [0.25, 0.3) is 10.9 Å². The van der Waals surface area contributed by atoms with Gasteiger partial charge < -0.3 is 5.32 Å². The smallest absolute Gasteiger partial charge is 0.318 e. The third kappa shape index (κ3) is 4.68. The standard InChI is InChI=1S/C20H17ClN4O2/c1-12-4-3-5-16(8-12)23-19(26)20(27)25-22-11-15-10-14-7-6-13(2)9-17(14)24-18(15)21/h3-11H,1-2H3,(H,23,26)(H,25,27)/b22-11-. The lowest BCUT2D eigenvalue weighted by molar-refractivity contribution is -0.136. The summed E-state index contributed by atoms with van der Waals surface area (Å²) in [5.41, 5.74) is 6.09. The highest BCUT2D eigenvalue weighted by Gasteiger charge is 2.13.